The average Bonchev–Trinajstić information content (AvgIpc) is 3.46. The maximum atomic E-state index is 12.9. The van der Waals surface area contributed by atoms with Crippen LogP contribution >= 0.6 is 11.3 Å². The maximum Gasteiger partial charge on any atom is 0.273 e. The van der Waals surface area contributed by atoms with Crippen molar-refractivity contribution in [3.63, 3.8) is 0 Å². The molecule has 8 heteroatoms. The molecule has 2 aromatic carbocycles. The fourth-order valence-electron chi connectivity index (χ4n) is 3.81. The molecule has 2 aromatic heterocycles. The Kier molecular flexibility index (Phi) is 5.40. The van der Waals surface area contributed by atoms with E-state index in [1.165, 1.54) is 11.3 Å². The average molecular weight is 434 g/mol. The van der Waals surface area contributed by atoms with Crippen LogP contribution < -0.4 is 4.74 Å². The third-order valence-electron chi connectivity index (χ3n) is 5.52. The minimum Gasteiger partial charge on any atom is -0.497 e. The van der Waals surface area contributed by atoms with E-state index >= 15 is 0 Å². The zero-order chi connectivity index (χ0) is 21.2. The number of thiazole rings is 1. The number of nitrogens with one attached hydrogen (secondary N) is 1. The lowest BCUT2D eigenvalue weighted by Crippen LogP contribution is -2.48. The molecule has 3 heterocycles. The molecule has 31 heavy (non-hydrogen) atoms. The van der Waals surface area contributed by atoms with Crippen molar-refractivity contribution in [1.82, 2.24) is 24.8 Å². The number of aromatic nitrogens is 3. The van der Waals surface area contributed by atoms with Crippen LogP contribution in [0.4, 0.5) is 0 Å². The summed E-state index contributed by atoms with van der Waals surface area (Å²) in [6.45, 7) is 3.72. The second-order valence-corrected chi connectivity index (χ2v) is 8.40. The number of rotatable bonds is 5. The highest BCUT2D eigenvalue weighted by Crippen LogP contribution is 2.24. The van der Waals surface area contributed by atoms with Gasteiger partial charge in [-0.1, -0.05) is 30.3 Å². The summed E-state index contributed by atoms with van der Waals surface area (Å²) in [6.07, 6.45) is 0. The molecule has 0 spiro atoms. The number of hydrogen-bond acceptors (Lipinski definition) is 6. The van der Waals surface area contributed by atoms with Crippen LogP contribution in [-0.2, 0) is 6.54 Å². The summed E-state index contributed by atoms with van der Waals surface area (Å²) >= 11 is 1.51. The van der Waals surface area contributed by atoms with Crippen LogP contribution in [0, 0.1) is 0 Å². The minimum atomic E-state index is 0.00825. The largest absolute Gasteiger partial charge is 0.497 e. The van der Waals surface area contributed by atoms with Gasteiger partial charge < -0.3 is 14.6 Å². The zero-order valence-electron chi connectivity index (χ0n) is 17.2. The quantitative estimate of drug-likeness (QED) is 0.520. The number of benzene rings is 2. The Balaban J connectivity index is 1.19. The Labute approximate surface area is 184 Å². The molecule has 4 aromatic rings. The van der Waals surface area contributed by atoms with Crippen molar-refractivity contribution >= 4 is 28.3 Å². The highest BCUT2D eigenvalue weighted by Gasteiger charge is 2.24. The van der Waals surface area contributed by atoms with E-state index in [4.69, 9.17) is 4.74 Å². The first-order chi connectivity index (χ1) is 15.2. The first-order valence-electron chi connectivity index (χ1n) is 10.2. The van der Waals surface area contributed by atoms with Crippen LogP contribution in [0.5, 0.6) is 5.75 Å². The van der Waals surface area contributed by atoms with Crippen LogP contribution in [0.15, 0.2) is 53.9 Å². The van der Waals surface area contributed by atoms with Gasteiger partial charge in [-0.15, -0.1) is 11.3 Å². The number of ether oxygens (including phenoxy) is 1. The molecule has 0 unspecified atom stereocenters. The molecule has 1 fully saturated rings. The van der Waals surface area contributed by atoms with Gasteiger partial charge >= 0.3 is 0 Å². The molecule has 7 nitrogen and oxygen atoms in total. The van der Waals surface area contributed by atoms with Crippen molar-refractivity contribution in [3.05, 3.63) is 65.4 Å². The fourth-order valence-corrected chi connectivity index (χ4v) is 4.61. The van der Waals surface area contributed by atoms with Crippen molar-refractivity contribution < 1.29 is 9.53 Å². The van der Waals surface area contributed by atoms with Gasteiger partial charge in [-0.25, -0.2) is 9.97 Å². The Morgan fingerprint density at radius 3 is 2.68 bits per heavy atom. The van der Waals surface area contributed by atoms with Gasteiger partial charge in [0, 0.05) is 43.2 Å². The molecule has 1 amide bonds. The maximum absolute atomic E-state index is 12.9. The predicted molar refractivity (Wildman–Crippen MR) is 121 cm³/mol. The molecular formula is C23H23N5O2S. The van der Waals surface area contributed by atoms with Gasteiger partial charge in [0.15, 0.2) is 0 Å². The van der Waals surface area contributed by atoms with Crippen LogP contribution in [0.2, 0.25) is 0 Å². The molecule has 0 atom stereocenters. The molecule has 1 saturated heterocycles. The number of methoxy groups -OCH3 is 1. The van der Waals surface area contributed by atoms with Crippen LogP contribution in [0.25, 0.3) is 21.6 Å². The SMILES string of the molecule is COc1ccc2nc(CN3CCN(C(=O)c4csc(-c5ccccc5)n4)CC3)[nH]c2c1. The third kappa shape index (κ3) is 4.17. The summed E-state index contributed by atoms with van der Waals surface area (Å²) in [6, 6.07) is 15.8. The van der Waals surface area contributed by atoms with E-state index in [1.54, 1.807) is 7.11 Å². The topological polar surface area (TPSA) is 74.3 Å². The van der Waals surface area contributed by atoms with Gasteiger partial charge in [0.05, 0.1) is 24.7 Å². The van der Waals surface area contributed by atoms with Gasteiger partial charge in [0.1, 0.15) is 22.3 Å². The highest BCUT2D eigenvalue weighted by molar-refractivity contribution is 7.13. The number of carbonyl (C=O) groups excluding carboxylic acids is 1. The number of aromatic amines is 1. The molecule has 0 aliphatic carbocycles. The number of H-pyrrole nitrogens is 1. The normalized spacial score (nSPS) is 14.8. The Morgan fingerprint density at radius 1 is 1.10 bits per heavy atom. The van der Waals surface area contributed by atoms with Crippen molar-refractivity contribution in [2.75, 3.05) is 33.3 Å². The summed E-state index contributed by atoms with van der Waals surface area (Å²) in [5.41, 5.74) is 3.48. The fraction of sp³-hybridized carbons (Fsp3) is 0.261. The first-order valence-corrected chi connectivity index (χ1v) is 11.1. The van der Waals surface area contributed by atoms with E-state index < -0.39 is 0 Å². The standard InChI is InChI=1S/C23H23N5O2S/c1-30-17-7-8-18-19(13-17)25-21(24-18)14-27-9-11-28(12-10-27)23(29)20-15-31-22(26-20)16-5-3-2-4-6-16/h2-8,13,15H,9-12,14H2,1H3,(H,24,25). The van der Waals surface area contributed by atoms with Crippen molar-refractivity contribution in [2.45, 2.75) is 6.54 Å². The van der Waals surface area contributed by atoms with Crippen LogP contribution in [0.1, 0.15) is 16.3 Å². The number of piperazine rings is 1. The first kappa shape index (κ1) is 19.7. The van der Waals surface area contributed by atoms with Gasteiger partial charge in [0.2, 0.25) is 0 Å². The lowest BCUT2D eigenvalue weighted by molar-refractivity contribution is 0.0621. The minimum absolute atomic E-state index is 0.00825. The van der Waals surface area contributed by atoms with Crippen molar-refractivity contribution in [2.24, 2.45) is 0 Å². The molecule has 0 saturated carbocycles. The van der Waals surface area contributed by atoms with Crippen LogP contribution in [0.3, 0.4) is 0 Å². The number of hydrogen-bond donors (Lipinski definition) is 1. The molecule has 1 aliphatic rings. The van der Waals surface area contributed by atoms with E-state index in [2.05, 4.69) is 19.9 Å². The molecule has 1 aliphatic heterocycles. The second kappa shape index (κ2) is 8.49. The van der Waals surface area contributed by atoms with E-state index in [9.17, 15) is 4.79 Å². The van der Waals surface area contributed by atoms with Crippen LogP contribution in [-0.4, -0.2) is 63.9 Å². The summed E-state index contributed by atoms with van der Waals surface area (Å²) in [7, 11) is 1.66. The molecule has 0 bridgehead atoms. The summed E-state index contributed by atoms with van der Waals surface area (Å²) < 4.78 is 5.28. The number of nitrogens with zero attached hydrogens (tertiary/aromatic N) is 4. The summed E-state index contributed by atoms with van der Waals surface area (Å²) in [4.78, 5) is 29.7. The smallest absolute Gasteiger partial charge is 0.273 e. The highest BCUT2D eigenvalue weighted by atomic mass is 32.1. The van der Waals surface area contributed by atoms with Gasteiger partial charge in [0.25, 0.3) is 5.91 Å². The second-order valence-electron chi connectivity index (χ2n) is 7.54. The van der Waals surface area contributed by atoms with Gasteiger partial charge in [-0.05, 0) is 12.1 Å². The molecular weight excluding hydrogens is 410 g/mol. The molecule has 1 N–H and O–H groups in total. The molecule has 158 valence electrons. The number of amides is 1. The number of imidazole rings is 1. The molecule has 5 rings (SSSR count). The molecule has 0 radical (unpaired) electrons. The summed E-state index contributed by atoms with van der Waals surface area (Å²) in [5.74, 6) is 1.75. The lowest BCUT2D eigenvalue weighted by Gasteiger charge is -2.33. The van der Waals surface area contributed by atoms with Gasteiger partial charge in [-0.2, -0.15) is 0 Å². The van der Waals surface area contributed by atoms with E-state index in [1.807, 2.05) is 58.8 Å². The predicted octanol–water partition coefficient (Wildman–Crippen LogP) is 3.65. The monoisotopic (exact) mass is 433 g/mol. The van der Waals surface area contributed by atoms with Crippen molar-refractivity contribution in [1.29, 1.82) is 0 Å². The number of carbonyl (C=O) groups is 1. The lowest BCUT2D eigenvalue weighted by atomic mass is 10.2. The summed E-state index contributed by atoms with van der Waals surface area (Å²) in [5, 5.41) is 2.74. The van der Waals surface area contributed by atoms with E-state index in [0.717, 1.165) is 52.8 Å². The van der Waals surface area contributed by atoms with Crippen molar-refractivity contribution in [3.8, 4) is 16.3 Å². The van der Waals surface area contributed by atoms with Gasteiger partial charge in [-0.3, -0.25) is 9.69 Å². The Bertz CT molecular complexity index is 1200. The Morgan fingerprint density at radius 2 is 1.90 bits per heavy atom. The zero-order valence-corrected chi connectivity index (χ0v) is 18.1. The number of fused-ring (bicyclic) bond motifs is 1. The third-order valence-corrected chi connectivity index (χ3v) is 6.41. The van der Waals surface area contributed by atoms with E-state index in [-0.39, 0.29) is 5.91 Å². The van der Waals surface area contributed by atoms with E-state index in [0.29, 0.717) is 18.8 Å². The Hall–Kier alpha value is -3.23.